The van der Waals surface area contributed by atoms with Crippen molar-refractivity contribution >= 4 is 5.65 Å². The normalized spacial score (nSPS) is 24.3. The molecule has 2 aromatic rings. The Hall–Kier alpha value is -1.66. The highest BCUT2D eigenvalue weighted by Crippen LogP contribution is 2.04. The summed E-state index contributed by atoms with van der Waals surface area (Å²) in [5.41, 5.74) is 0.649. The highest BCUT2D eigenvalue weighted by molar-refractivity contribution is 5.35. The Morgan fingerprint density at radius 3 is 2.70 bits per heavy atom. The Morgan fingerprint density at radius 2 is 2.00 bits per heavy atom. The molecule has 0 aromatic carbocycles. The molecule has 1 N–H and O–H groups in total. The number of nitrogens with one attached hydrogen (secondary N) is 1. The zero-order valence-corrected chi connectivity index (χ0v) is 12.0. The first-order chi connectivity index (χ1) is 9.63. The predicted molar refractivity (Wildman–Crippen MR) is 78.0 cm³/mol. The number of nitrogens with zero attached hydrogens (tertiary/aromatic N) is 4. The topological polar surface area (TPSA) is 54.6 Å². The summed E-state index contributed by atoms with van der Waals surface area (Å²) in [5.74, 6) is 0. The van der Waals surface area contributed by atoms with Crippen molar-refractivity contribution in [1.82, 2.24) is 24.4 Å². The first kappa shape index (κ1) is 13.3. The van der Waals surface area contributed by atoms with Crippen LogP contribution in [0.25, 0.3) is 5.65 Å². The lowest BCUT2D eigenvalue weighted by Gasteiger charge is -2.35. The van der Waals surface area contributed by atoms with Crippen LogP contribution in [0.4, 0.5) is 0 Å². The quantitative estimate of drug-likeness (QED) is 0.868. The van der Waals surface area contributed by atoms with E-state index in [9.17, 15) is 4.79 Å². The second-order valence-electron chi connectivity index (χ2n) is 5.66. The van der Waals surface area contributed by atoms with Crippen molar-refractivity contribution in [1.29, 1.82) is 0 Å². The van der Waals surface area contributed by atoms with E-state index in [1.54, 1.807) is 15.3 Å². The van der Waals surface area contributed by atoms with E-state index in [0.717, 1.165) is 19.6 Å². The summed E-state index contributed by atoms with van der Waals surface area (Å²) < 4.78 is 3.15. The first-order valence-electron chi connectivity index (χ1n) is 7.16. The van der Waals surface area contributed by atoms with Gasteiger partial charge < -0.3 is 5.32 Å². The largest absolute Gasteiger partial charge is 0.350 e. The fourth-order valence-corrected chi connectivity index (χ4v) is 2.97. The van der Waals surface area contributed by atoms with E-state index < -0.39 is 0 Å². The number of hydrogen-bond donors (Lipinski definition) is 1. The summed E-state index contributed by atoms with van der Waals surface area (Å²) in [6, 6.07) is 6.59. The lowest BCUT2D eigenvalue weighted by molar-refractivity contribution is 0.166. The van der Waals surface area contributed by atoms with E-state index in [-0.39, 0.29) is 5.69 Å². The first-order valence-corrected chi connectivity index (χ1v) is 7.16. The van der Waals surface area contributed by atoms with Gasteiger partial charge in [0.05, 0.1) is 6.54 Å². The Balaban J connectivity index is 1.71. The van der Waals surface area contributed by atoms with Crippen LogP contribution in [0.5, 0.6) is 0 Å². The Morgan fingerprint density at radius 1 is 1.25 bits per heavy atom. The third-order valence-electron chi connectivity index (χ3n) is 3.75. The molecule has 0 bridgehead atoms. The van der Waals surface area contributed by atoms with Crippen molar-refractivity contribution in [2.75, 3.05) is 19.6 Å². The smallest absolute Gasteiger partial charge is 0.309 e. The second kappa shape index (κ2) is 5.38. The van der Waals surface area contributed by atoms with Crippen LogP contribution in [0, 0.1) is 0 Å². The van der Waals surface area contributed by atoms with Gasteiger partial charge >= 0.3 is 5.69 Å². The molecule has 3 rings (SSSR count). The second-order valence-corrected chi connectivity index (χ2v) is 5.66. The summed E-state index contributed by atoms with van der Waals surface area (Å²) in [6.45, 7) is 7.93. The molecule has 0 radical (unpaired) electrons. The van der Waals surface area contributed by atoms with E-state index in [4.69, 9.17) is 0 Å². The molecule has 6 heteroatoms. The van der Waals surface area contributed by atoms with Gasteiger partial charge in [-0.1, -0.05) is 6.07 Å². The van der Waals surface area contributed by atoms with E-state index in [1.807, 2.05) is 18.2 Å². The molecular weight excluding hydrogens is 254 g/mol. The van der Waals surface area contributed by atoms with E-state index in [1.165, 1.54) is 0 Å². The number of hydrogen-bond acceptors (Lipinski definition) is 4. The van der Waals surface area contributed by atoms with Crippen LogP contribution in [0.1, 0.15) is 13.8 Å². The molecule has 1 saturated heterocycles. The molecule has 0 aliphatic carbocycles. The van der Waals surface area contributed by atoms with Crippen molar-refractivity contribution in [2.45, 2.75) is 32.5 Å². The molecule has 0 spiro atoms. The van der Waals surface area contributed by atoms with Crippen LogP contribution in [-0.4, -0.2) is 50.8 Å². The Bertz CT molecular complexity index is 636. The molecule has 3 heterocycles. The minimum atomic E-state index is -0.0585. The molecule has 2 unspecified atom stereocenters. The van der Waals surface area contributed by atoms with Gasteiger partial charge in [0.1, 0.15) is 0 Å². The summed E-state index contributed by atoms with van der Waals surface area (Å²) >= 11 is 0. The van der Waals surface area contributed by atoms with Crippen molar-refractivity contribution in [2.24, 2.45) is 0 Å². The van der Waals surface area contributed by atoms with Gasteiger partial charge in [-0.2, -0.15) is 0 Å². The third-order valence-corrected chi connectivity index (χ3v) is 3.75. The molecule has 2 atom stereocenters. The van der Waals surface area contributed by atoms with Crippen LogP contribution >= 0.6 is 0 Å². The van der Waals surface area contributed by atoms with Crippen LogP contribution in [0.2, 0.25) is 0 Å². The molecule has 0 saturated carbocycles. The van der Waals surface area contributed by atoms with Crippen molar-refractivity contribution in [3.05, 3.63) is 34.9 Å². The minimum absolute atomic E-state index is 0.0585. The molecule has 1 aliphatic heterocycles. The number of piperazine rings is 1. The molecule has 2 aromatic heterocycles. The fourth-order valence-electron chi connectivity index (χ4n) is 2.97. The van der Waals surface area contributed by atoms with Gasteiger partial charge in [-0.15, -0.1) is 5.10 Å². The van der Waals surface area contributed by atoms with Gasteiger partial charge in [0, 0.05) is 37.9 Å². The maximum Gasteiger partial charge on any atom is 0.350 e. The van der Waals surface area contributed by atoms with Crippen LogP contribution < -0.4 is 11.0 Å². The lowest BCUT2D eigenvalue weighted by atomic mass is 10.1. The van der Waals surface area contributed by atoms with Crippen molar-refractivity contribution in [3.8, 4) is 0 Å². The average Bonchev–Trinajstić information content (AvgIpc) is 2.73. The minimum Gasteiger partial charge on any atom is -0.309 e. The molecule has 108 valence electrons. The van der Waals surface area contributed by atoms with E-state index >= 15 is 0 Å². The van der Waals surface area contributed by atoms with Crippen LogP contribution in [-0.2, 0) is 6.54 Å². The molecule has 20 heavy (non-hydrogen) atoms. The summed E-state index contributed by atoms with van der Waals surface area (Å²) in [5, 5.41) is 7.87. The number of fused-ring (bicyclic) bond motifs is 1. The molecule has 0 amide bonds. The number of pyridine rings is 1. The highest BCUT2D eigenvalue weighted by Gasteiger charge is 2.20. The highest BCUT2D eigenvalue weighted by atomic mass is 16.2. The third kappa shape index (κ3) is 2.62. The SMILES string of the molecule is CC1CN(CCn2nc3ccccn3c2=O)CC(C)N1. The van der Waals surface area contributed by atoms with E-state index in [0.29, 0.717) is 24.3 Å². The molecule has 1 fully saturated rings. The maximum absolute atomic E-state index is 12.2. The van der Waals surface area contributed by atoms with Crippen molar-refractivity contribution in [3.63, 3.8) is 0 Å². The van der Waals surface area contributed by atoms with Gasteiger partial charge in [0.2, 0.25) is 0 Å². The average molecular weight is 275 g/mol. The lowest BCUT2D eigenvalue weighted by Crippen LogP contribution is -2.54. The number of aromatic nitrogens is 3. The fraction of sp³-hybridized carbons (Fsp3) is 0.571. The monoisotopic (exact) mass is 275 g/mol. The van der Waals surface area contributed by atoms with Gasteiger partial charge in [0.15, 0.2) is 5.65 Å². The van der Waals surface area contributed by atoms with Crippen LogP contribution in [0.3, 0.4) is 0 Å². The maximum atomic E-state index is 12.2. The molecular formula is C14H21N5O. The van der Waals surface area contributed by atoms with Crippen molar-refractivity contribution < 1.29 is 0 Å². The molecule has 6 nitrogen and oxygen atoms in total. The van der Waals surface area contributed by atoms with Gasteiger partial charge in [-0.25, -0.2) is 9.48 Å². The zero-order valence-electron chi connectivity index (χ0n) is 12.0. The van der Waals surface area contributed by atoms with E-state index in [2.05, 4.69) is 29.2 Å². The van der Waals surface area contributed by atoms with Gasteiger partial charge in [-0.05, 0) is 26.0 Å². The Labute approximate surface area is 118 Å². The van der Waals surface area contributed by atoms with Crippen LogP contribution in [0.15, 0.2) is 29.2 Å². The standard InChI is InChI=1S/C14H21N5O/c1-11-9-17(10-12(2)15-11)7-8-19-14(20)18-6-4-3-5-13(18)16-19/h3-6,11-12,15H,7-10H2,1-2H3. The summed E-state index contributed by atoms with van der Waals surface area (Å²) in [6.07, 6.45) is 1.76. The Kier molecular flexibility index (Phi) is 3.58. The van der Waals surface area contributed by atoms with Gasteiger partial charge in [0.25, 0.3) is 0 Å². The zero-order chi connectivity index (χ0) is 14.1. The molecule has 1 aliphatic rings. The predicted octanol–water partition coefficient (Wildman–Crippen LogP) is 0.178. The summed E-state index contributed by atoms with van der Waals surface area (Å²) in [4.78, 5) is 14.6. The van der Waals surface area contributed by atoms with Gasteiger partial charge in [-0.3, -0.25) is 9.30 Å². The number of rotatable bonds is 3. The summed E-state index contributed by atoms with van der Waals surface area (Å²) in [7, 11) is 0.